The van der Waals surface area contributed by atoms with Gasteiger partial charge in [-0.1, -0.05) is 18.2 Å². The molecular weight excluding hydrogens is 279 g/mol. The van der Waals surface area contributed by atoms with Crippen molar-refractivity contribution in [1.82, 2.24) is 15.1 Å². The van der Waals surface area contributed by atoms with Crippen LogP contribution in [0, 0.1) is 15.9 Å². The molecule has 1 aromatic heterocycles. The van der Waals surface area contributed by atoms with E-state index in [9.17, 15) is 19.6 Å². The lowest BCUT2D eigenvalue weighted by molar-refractivity contribution is -0.385. The number of hydrogen-bond donors (Lipinski definition) is 2. The minimum absolute atomic E-state index is 0.123. The molecule has 1 heterocycles. The quantitative estimate of drug-likeness (QED) is 0.589. The highest BCUT2D eigenvalue weighted by atomic mass is 19.1. The van der Waals surface area contributed by atoms with E-state index in [4.69, 9.17) is 0 Å². The summed E-state index contributed by atoms with van der Waals surface area (Å²) in [5, 5.41) is 27.0. The van der Waals surface area contributed by atoms with Gasteiger partial charge in [-0.25, -0.2) is 4.39 Å². The van der Waals surface area contributed by atoms with Crippen molar-refractivity contribution >= 4 is 5.69 Å². The zero-order chi connectivity index (χ0) is 15.2. The SMILES string of the molecule is O=[N+]([O-])c1cnn(CC(O)CNCc2ccccc2F)c1. The molecule has 0 saturated carbocycles. The molecule has 0 amide bonds. The molecule has 0 fully saturated rings. The molecule has 1 atom stereocenters. The second-order valence-corrected chi connectivity index (χ2v) is 4.55. The van der Waals surface area contributed by atoms with E-state index in [0.29, 0.717) is 12.1 Å². The standard InChI is InChI=1S/C13H15FN4O3/c14-13-4-2-1-3-10(13)5-15-7-12(19)9-17-8-11(6-16-17)18(20)21/h1-4,6,8,12,15,19H,5,7,9H2. The van der Waals surface area contributed by atoms with Crippen LogP contribution in [0.5, 0.6) is 0 Å². The topological polar surface area (TPSA) is 93.2 Å². The monoisotopic (exact) mass is 294 g/mol. The second kappa shape index (κ2) is 6.91. The first-order valence-corrected chi connectivity index (χ1v) is 6.35. The number of nitrogens with zero attached hydrogens (tertiary/aromatic N) is 3. The molecule has 21 heavy (non-hydrogen) atoms. The van der Waals surface area contributed by atoms with E-state index in [2.05, 4.69) is 10.4 Å². The first-order chi connectivity index (χ1) is 10.1. The molecule has 0 aliphatic rings. The molecule has 2 N–H and O–H groups in total. The molecular formula is C13H15FN4O3. The van der Waals surface area contributed by atoms with Crippen molar-refractivity contribution in [3.63, 3.8) is 0 Å². The summed E-state index contributed by atoms with van der Waals surface area (Å²) in [7, 11) is 0. The predicted molar refractivity (Wildman–Crippen MR) is 73.0 cm³/mol. The third-order valence-corrected chi connectivity index (χ3v) is 2.88. The number of benzene rings is 1. The van der Waals surface area contributed by atoms with Gasteiger partial charge in [-0.3, -0.25) is 14.8 Å². The molecule has 0 spiro atoms. The largest absolute Gasteiger partial charge is 0.390 e. The number of aromatic nitrogens is 2. The maximum Gasteiger partial charge on any atom is 0.306 e. The van der Waals surface area contributed by atoms with E-state index >= 15 is 0 Å². The minimum atomic E-state index is -0.781. The second-order valence-electron chi connectivity index (χ2n) is 4.55. The van der Waals surface area contributed by atoms with E-state index < -0.39 is 11.0 Å². The number of halogens is 1. The summed E-state index contributed by atoms with van der Waals surface area (Å²) in [5.74, 6) is -0.304. The van der Waals surface area contributed by atoms with Gasteiger partial charge in [-0.05, 0) is 6.07 Å². The molecule has 8 heteroatoms. The molecule has 0 saturated heterocycles. The Labute approximate surface area is 120 Å². The maximum absolute atomic E-state index is 13.4. The molecule has 0 radical (unpaired) electrons. The van der Waals surface area contributed by atoms with Crippen LogP contribution in [-0.2, 0) is 13.1 Å². The Hall–Kier alpha value is -2.32. The van der Waals surface area contributed by atoms with Gasteiger partial charge in [0, 0.05) is 18.7 Å². The van der Waals surface area contributed by atoms with E-state index in [0.717, 1.165) is 6.20 Å². The fourth-order valence-electron chi connectivity index (χ4n) is 1.84. The van der Waals surface area contributed by atoms with Crippen molar-refractivity contribution in [1.29, 1.82) is 0 Å². The van der Waals surface area contributed by atoms with E-state index in [1.54, 1.807) is 18.2 Å². The van der Waals surface area contributed by atoms with E-state index in [-0.39, 0.29) is 24.6 Å². The fraction of sp³-hybridized carbons (Fsp3) is 0.308. The van der Waals surface area contributed by atoms with Crippen molar-refractivity contribution in [2.45, 2.75) is 19.2 Å². The third kappa shape index (κ3) is 4.33. The summed E-state index contributed by atoms with van der Waals surface area (Å²) in [6.07, 6.45) is 1.59. The molecule has 7 nitrogen and oxygen atoms in total. The van der Waals surface area contributed by atoms with Crippen LogP contribution in [0.3, 0.4) is 0 Å². The first-order valence-electron chi connectivity index (χ1n) is 6.35. The number of aliphatic hydroxyl groups is 1. The maximum atomic E-state index is 13.4. The molecule has 0 aliphatic heterocycles. The normalized spacial score (nSPS) is 12.3. The van der Waals surface area contributed by atoms with Crippen LogP contribution >= 0.6 is 0 Å². The van der Waals surface area contributed by atoms with Crippen LogP contribution in [0.1, 0.15) is 5.56 Å². The van der Waals surface area contributed by atoms with Crippen LogP contribution in [0.4, 0.5) is 10.1 Å². The van der Waals surface area contributed by atoms with Crippen LogP contribution in [0.15, 0.2) is 36.7 Å². The molecule has 112 valence electrons. The number of hydrogen-bond acceptors (Lipinski definition) is 5. The van der Waals surface area contributed by atoms with Crippen molar-refractivity contribution in [3.8, 4) is 0 Å². The van der Waals surface area contributed by atoms with Crippen molar-refractivity contribution < 1.29 is 14.4 Å². The first kappa shape index (κ1) is 15.1. The predicted octanol–water partition coefficient (Wildman–Crippen LogP) is 1.08. The summed E-state index contributed by atoms with van der Waals surface area (Å²) in [4.78, 5) is 9.95. The summed E-state index contributed by atoms with van der Waals surface area (Å²) in [6.45, 7) is 0.642. The van der Waals surface area contributed by atoms with E-state index in [1.165, 1.54) is 16.9 Å². The van der Waals surface area contributed by atoms with Crippen molar-refractivity contribution in [3.05, 3.63) is 58.2 Å². The van der Waals surface area contributed by atoms with Gasteiger partial charge in [0.05, 0.1) is 17.6 Å². The number of aliphatic hydroxyl groups excluding tert-OH is 1. The Morgan fingerprint density at radius 1 is 1.48 bits per heavy atom. The lowest BCUT2D eigenvalue weighted by atomic mass is 10.2. The van der Waals surface area contributed by atoms with Gasteiger partial charge in [0.1, 0.15) is 18.2 Å². The highest BCUT2D eigenvalue weighted by molar-refractivity contribution is 5.20. The van der Waals surface area contributed by atoms with Gasteiger partial charge < -0.3 is 10.4 Å². The average Bonchev–Trinajstić information content (AvgIpc) is 2.89. The molecule has 0 aliphatic carbocycles. The summed E-state index contributed by atoms with van der Waals surface area (Å²) in [6, 6.07) is 6.37. The fourth-order valence-corrected chi connectivity index (χ4v) is 1.84. The molecule has 2 rings (SSSR count). The average molecular weight is 294 g/mol. The van der Waals surface area contributed by atoms with Gasteiger partial charge in [-0.15, -0.1) is 0 Å². The summed E-state index contributed by atoms with van der Waals surface area (Å²) >= 11 is 0. The van der Waals surface area contributed by atoms with Gasteiger partial charge in [-0.2, -0.15) is 5.10 Å². The Kier molecular flexibility index (Phi) is 4.96. The number of nitro groups is 1. The zero-order valence-electron chi connectivity index (χ0n) is 11.1. The van der Waals surface area contributed by atoms with Gasteiger partial charge >= 0.3 is 5.69 Å². The zero-order valence-corrected chi connectivity index (χ0v) is 11.1. The molecule has 0 bridgehead atoms. The lowest BCUT2D eigenvalue weighted by Gasteiger charge is -2.12. The molecule has 1 unspecified atom stereocenters. The van der Waals surface area contributed by atoms with Gasteiger partial charge in [0.2, 0.25) is 0 Å². The summed E-state index contributed by atoms with van der Waals surface area (Å²) < 4.78 is 14.7. The molecule has 1 aromatic carbocycles. The Bertz CT molecular complexity index is 617. The number of nitrogens with one attached hydrogen (secondary N) is 1. The Morgan fingerprint density at radius 2 is 2.24 bits per heavy atom. The minimum Gasteiger partial charge on any atom is -0.390 e. The highest BCUT2D eigenvalue weighted by Crippen LogP contribution is 2.08. The van der Waals surface area contributed by atoms with Crippen LogP contribution in [0.25, 0.3) is 0 Å². The Morgan fingerprint density at radius 3 is 2.90 bits per heavy atom. The van der Waals surface area contributed by atoms with Gasteiger partial charge in [0.15, 0.2) is 0 Å². The highest BCUT2D eigenvalue weighted by Gasteiger charge is 2.11. The van der Waals surface area contributed by atoms with E-state index in [1.807, 2.05) is 0 Å². The molecule has 2 aromatic rings. The van der Waals surface area contributed by atoms with Gasteiger partial charge in [0.25, 0.3) is 0 Å². The van der Waals surface area contributed by atoms with Crippen LogP contribution < -0.4 is 5.32 Å². The summed E-state index contributed by atoms with van der Waals surface area (Å²) in [5.41, 5.74) is 0.390. The van der Waals surface area contributed by atoms with Crippen molar-refractivity contribution in [2.24, 2.45) is 0 Å². The van der Waals surface area contributed by atoms with Crippen LogP contribution in [0.2, 0.25) is 0 Å². The smallest absolute Gasteiger partial charge is 0.306 e. The Balaban J connectivity index is 1.78. The lowest BCUT2D eigenvalue weighted by Crippen LogP contribution is -2.30. The third-order valence-electron chi connectivity index (χ3n) is 2.88. The van der Waals surface area contributed by atoms with Crippen LogP contribution in [-0.4, -0.2) is 32.5 Å². The number of rotatable bonds is 7. The van der Waals surface area contributed by atoms with Crippen molar-refractivity contribution in [2.75, 3.05) is 6.54 Å².